The van der Waals surface area contributed by atoms with E-state index < -0.39 is 0 Å². The minimum absolute atomic E-state index is 0.152. The van der Waals surface area contributed by atoms with E-state index in [0.717, 1.165) is 48.1 Å². The van der Waals surface area contributed by atoms with Crippen molar-refractivity contribution in [3.63, 3.8) is 0 Å². The Morgan fingerprint density at radius 1 is 1.07 bits per heavy atom. The van der Waals surface area contributed by atoms with E-state index in [-0.39, 0.29) is 11.9 Å². The molecule has 1 aliphatic heterocycles. The van der Waals surface area contributed by atoms with Gasteiger partial charge in [-0.2, -0.15) is 5.10 Å². The number of pyridine rings is 3. The van der Waals surface area contributed by atoms with Crippen molar-refractivity contribution in [3.8, 4) is 22.6 Å². The Morgan fingerprint density at radius 3 is 2.80 bits per heavy atom. The van der Waals surface area contributed by atoms with Gasteiger partial charge in [0, 0.05) is 29.4 Å². The van der Waals surface area contributed by atoms with Crippen LogP contribution in [0, 0.1) is 0 Å². The van der Waals surface area contributed by atoms with Crippen LogP contribution in [0.25, 0.3) is 33.5 Å². The van der Waals surface area contributed by atoms with Crippen LogP contribution in [0.15, 0.2) is 55.0 Å². The number of piperidine rings is 1. The number of carbonyl (C=O) groups is 1. The van der Waals surface area contributed by atoms with Crippen molar-refractivity contribution in [2.24, 2.45) is 0 Å². The molecule has 150 valence electrons. The van der Waals surface area contributed by atoms with Crippen LogP contribution in [0.5, 0.6) is 0 Å². The molecule has 0 bridgehead atoms. The minimum Gasteiger partial charge on any atom is -0.348 e. The summed E-state index contributed by atoms with van der Waals surface area (Å²) < 4.78 is 0. The summed E-state index contributed by atoms with van der Waals surface area (Å²) in [4.78, 5) is 25.9. The molecule has 0 aliphatic carbocycles. The average molecular weight is 399 g/mol. The van der Waals surface area contributed by atoms with Crippen LogP contribution in [0.3, 0.4) is 0 Å². The number of H-pyrrole nitrogens is 1. The summed E-state index contributed by atoms with van der Waals surface area (Å²) in [5.74, 6) is -0.152. The summed E-state index contributed by atoms with van der Waals surface area (Å²) in [7, 11) is 0. The van der Waals surface area contributed by atoms with Gasteiger partial charge in [0.1, 0.15) is 11.4 Å². The Balaban J connectivity index is 1.46. The van der Waals surface area contributed by atoms with Crippen molar-refractivity contribution in [2.75, 3.05) is 13.1 Å². The quantitative estimate of drug-likeness (QED) is 0.487. The highest BCUT2D eigenvalue weighted by Gasteiger charge is 2.18. The van der Waals surface area contributed by atoms with Gasteiger partial charge in [-0.15, -0.1) is 0 Å². The Kier molecular flexibility index (Phi) is 4.90. The average Bonchev–Trinajstić information content (AvgIpc) is 3.24. The molecule has 8 heteroatoms. The van der Waals surface area contributed by atoms with Crippen molar-refractivity contribution >= 4 is 16.8 Å². The van der Waals surface area contributed by atoms with Gasteiger partial charge in [0.2, 0.25) is 0 Å². The van der Waals surface area contributed by atoms with E-state index in [2.05, 4.69) is 35.8 Å². The molecular formula is C22H21N7O. The maximum atomic E-state index is 12.7. The van der Waals surface area contributed by atoms with Gasteiger partial charge in [-0.3, -0.25) is 19.9 Å². The molecule has 30 heavy (non-hydrogen) atoms. The molecule has 1 saturated heterocycles. The Bertz CT molecular complexity index is 1180. The lowest BCUT2D eigenvalue weighted by molar-refractivity contribution is 0.0924. The molecule has 4 aromatic rings. The molecule has 0 unspecified atom stereocenters. The van der Waals surface area contributed by atoms with Gasteiger partial charge < -0.3 is 10.6 Å². The molecule has 1 aliphatic rings. The van der Waals surface area contributed by atoms with E-state index in [4.69, 9.17) is 0 Å². The number of rotatable bonds is 4. The molecular weight excluding hydrogens is 378 g/mol. The van der Waals surface area contributed by atoms with Gasteiger partial charge in [-0.05, 0) is 56.3 Å². The normalized spacial score (nSPS) is 14.7. The molecule has 0 saturated carbocycles. The standard InChI is InChI=1S/C22H21N7O/c30-22(26-15-6-9-23-10-7-15)18-5-1-4-17(27-18)21-16-11-19(14-3-2-8-24-12-14)25-13-20(16)28-29-21/h1-5,8,11-13,15,23H,6-7,9-10H2,(H,26,30)(H,28,29). The van der Waals surface area contributed by atoms with E-state index in [9.17, 15) is 4.79 Å². The molecule has 0 radical (unpaired) electrons. The molecule has 0 spiro atoms. The molecule has 8 nitrogen and oxygen atoms in total. The number of amides is 1. The number of hydrogen-bond donors (Lipinski definition) is 3. The van der Waals surface area contributed by atoms with Crippen molar-refractivity contribution in [3.05, 3.63) is 60.7 Å². The zero-order valence-electron chi connectivity index (χ0n) is 16.3. The van der Waals surface area contributed by atoms with Crippen molar-refractivity contribution in [1.29, 1.82) is 0 Å². The van der Waals surface area contributed by atoms with Crippen molar-refractivity contribution < 1.29 is 4.79 Å². The van der Waals surface area contributed by atoms with Crippen molar-refractivity contribution in [2.45, 2.75) is 18.9 Å². The Morgan fingerprint density at radius 2 is 1.97 bits per heavy atom. The number of carbonyl (C=O) groups excluding carboxylic acids is 1. The molecule has 5 heterocycles. The zero-order chi connectivity index (χ0) is 20.3. The summed E-state index contributed by atoms with van der Waals surface area (Å²) in [6.07, 6.45) is 7.12. The SMILES string of the molecule is O=C(NC1CCNCC1)c1cccc(-c2n[nH]c3cnc(-c4cccnc4)cc23)n1. The lowest BCUT2D eigenvalue weighted by atomic mass is 10.1. The maximum Gasteiger partial charge on any atom is 0.270 e. The van der Waals surface area contributed by atoms with Crippen LogP contribution in [-0.4, -0.2) is 50.2 Å². The highest BCUT2D eigenvalue weighted by molar-refractivity contribution is 5.96. The third kappa shape index (κ3) is 3.65. The lowest BCUT2D eigenvalue weighted by Crippen LogP contribution is -2.42. The van der Waals surface area contributed by atoms with Crippen molar-refractivity contribution in [1.82, 2.24) is 35.8 Å². The van der Waals surface area contributed by atoms with E-state index >= 15 is 0 Å². The predicted octanol–water partition coefficient (Wildman–Crippen LogP) is 2.56. The molecule has 0 aromatic carbocycles. The third-order valence-electron chi connectivity index (χ3n) is 5.30. The summed E-state index contributed by atoms with van der Waals surface area (Å²) in [5.41, 5.74) is 4.26. The second-order valence-corrected chi connectivity index (χ2v) is 7.33. The van der Waals surface area contributed by atoms with Crippen LogP contribution in [0.4, 0.5) is 0 Å². The Labute approximate surface area is 173 Å². The zero-order valence-corrected chi connectivity index (χ0v) is 16.3. The number of aromatic amines is 1. The number of hydrogen-bond acceptors (Lipinski definition) is 6. The maximum absolute atomic E-state index is 12.7. The van der Waals surface area contributed by atoms with Gasteiger partial charge in [-0.25, -0.2) is 4.98 Å². The second kappa shape index (κ2) is 8.00. The highest BCUT2D eigenvalue weighted by atomic mass is 16.1. The van der Waals surface area contributed by atoms with E-state index in [1.165, 1.54) is 0 Å². The fourth-order valence-electron chi connectivity index (χ4n) is 3.70. The second-order valence-electron chi connectivity index (χ2n) is 7.33. The van der Waals surface area contributed by atoms with E-state index in [1.54, 1.807) is 24.7 Å². The van der Waals surface area contributed by atoms with Gasteiger partial charge in [0.05, 0.1) is 23.1 Å². The fourth-order valence-corrected chi connectivity index (χ4v) is 3.70. The van der Waals surface area contributed by atoms with Gasteiger partial charge in [0.25, 0.3) is 5.91 Å². The van der Waals surface area contributed by atoms with Crippen LogP contribution in [-0.2, 0) is 0 Å². The smallest absolute Gasteiger partial charge is 0.270 e. The topological polar surface area (TPSA) is 108 Å². The highest BCUT2D eigenvalue weighted by Crippen LogP contribution is 2.28. The predicted molar refractivity (Wildman–Crippen MR) is 114 cm³/mol. The molecule has 1 amide bonds. The fraction of sp³-hybridized carbons (Fsp3) is 0.227. The molecule has 4 aromatic heterocycles. The first-order chi connectivity index (χ1) is 14.8. The molecule has 3 N–H and O–H groups in total. The third-order valence-corrected chi connectivity index (χ3v) is 5.30. The van der Waals surface area contributed by atoms with Crippen LogP contribution in [0.2, 0.25) is 0 Å². The van der Waals surface area contributed by atoms with Crippen LogP contribution in [0.1, 0.15) is 23.3 Å². The van der Waals surface area contributed by atoms with Gasteiger partial charge in [-0.1, -0.05) is 6.07 Å². The molecule has 5 rings (SSSR count). The Hall–Kier alpha value is -3.65. The van der Waals surface area contributed by atoms with Crippen LogP contribution < -0.4 is 10.6 Å². The summed E-state index contributed by atoms with van der Waals surface area (Å²) in [5, 5.41) is 14.7. The number of aromatic nitrogens is 5. The summed E-state index contributed by atoms with van der Waals surface area (Å²) >= 11 is 0. The number of fused-ring (bicyclic) bond motifs is 1. The van der Waals surface area contributed by atoms with Gasteiger partial charge >= 0.3 is 0 Å². The molecule has 0 atom stereocenters. The number of nitrogens with zero attached hydrogens (tertiary/aromatic N) is 4. The summed E-state index contributed by atoms with van der Waals surface area (Å²) in [6.45, 7) is 1.84. The molecule has 1 fully saturated rings. The summed E-state index contributed by atoms with van der Waals surface area (Å²) in [6, 6.07) is 11.4. The lowest BCUT2D eigenvalue weighted by Gasteiger charge is -2.23. The van der Waals surface area contributed by atoms with E-state index in [1.807, 2.05) is 30.3 Å². The van der Waals surface area contributed by atoms with Gasteiger partial charge in [0.15, 0.2) is 0 Å². The first-order valence-corrected chi connectivity index (χ1v) is 10.0. The largest absolute Gasteiger partial charge is 0.348 e. The first kappa shape index (κ1) is 18.4. The van der Waals surface area contributed by atoms with Crippen LogP contribution >= 0.6 is 0 Å². The first-order valence-electron chi connectivity index (χ1n) is 10.0. The minimum atomic E-state index is -0.152. The number of nitrogens with one attached hydrogen (secondary N) is 3. The monoisotopic (exact) mass is 399 g/mol. The van der Waals surface area contributed by atoms with E-state index in [0.29, 0.717) is 17.1 Å².